The summed E-state index contributed by atoms with van der Waals surface area (Å²) in [6, 6.07) is 9.50. The van der Waals surface area contributed by atoms with E-state index in [2.05, 4.69) is 24.4 Å². The molecular formula is C27H46N2O. The van der Waals surface area contributed by atoms with Crippen LogP contribution in [0.25, 0.3) is 0 Å². The third-order valence-corrected chi connectivity index (χ3v) is 5.62. The second-order valence-corrected chi connectivity index (χ2v) is 8.53. The maximum absolute atomic E-state index is 12.1. The van der Waals surface area contributed by atoms with Crippen molar-refractivity contribution in [3.8, 4) is 0 Å². The highest BCUT2D eigenvalue weighted by Crippen LogP contribution is 2.10. The number of benzene rings is 1. The SMILES string of the molecule is CCCCCCCC/C=C/CCCCCCCCNC(=O)C(N)Cc1ccccc1. The zero-order chi connectivity index (χ0) is 21.7. The van der Waals surface area contributed by atoms with Crippen molar-refractivity contribution in [2.45, 2.75) is 109 Å². The molecule has 3 nitrogen and oxygen atoms in total. The number of nitrogens with two attached hydrogens (primary N) is 1. The fourth-order valence-electron chi connectivity index (χ4n) is 3.68. The van der Waals surface area contributed by atoms with E-state index in [-0.39, 0.29) is 5.91 Å². The Labute approximate surface area is 185 Å². The number of hydrogen-bond donors (Lipinski definition) is 2. The Bertz CT molecular complexity index is 541. The molecule has 0 saturated heterocycles. The van der Waals surface area contributed by atoms with Crippen LogP contribution in [0.3, 0.4) is 0 Å². The normalized spacial score (nSPS) is 12.3. The van der Waals surface area contributed by atoms with Gasteiger partial charge in [0.2, 0.25) is 5.91 Å². The van der Waals surface area contributed by atoms with Gasteiger partial charge in [0.05, 0.1) is 6.04 Å². The van der Waals surface area contributed by atoms with Crippen molar-refractivity contribution in [2.24, 2.45) is 5.73 Å². The van der Waals surface area contributed by atoms with Gasteiger partial charge in [-0.15, -0.1) is 0 Å². The first kappa shape index (κ1) is 26.4. The van der Waals surface area contributed by atoms with E-state index >= 15 is 0 Å². The molecule has 0 bridgehead atoms. The highest BCUT2D eigenvalue weighted by atomic mass is 16.2. The predicted octanol–water partition coefficient (Wildman–Crippen LogP) is 6.71. The second-order valence-electron chi connectivity index (χ2n) is 8.53. The van der Waals surface area contributed by atoms with Crippen LogP contribution < -0.4 is 11.1 Å². The summed E-state index contributed by atoms with van der Waals surface area (Å²) in [7, 11) is 0. The van der Waals surface area contributed by atoms with Gasteiger partial charge >= 0.3 is 0 Å². The molecule has 1 atom stereocenters. The maximum atomic E-state index is 12.1. The molecule has 0 spiro atoms. The summed E-state index contributed by atoms with van der Waals surface area (Å²) in [6.45, 7) is 3.01. The van der Waals surface area contributed by atoms with Gasteiger partial charge in [0.25, 0.3) is 0 Å². The van der Waals surface area contributed by atoms with Crippen LogP contribution in [0.2, 0.25) is 0 Å². The van der Waals surface area contributed by atoms with E-state index in [0.29, 0.717) is 6.42 Å². The molecule has 0 aliphatic rings. The van der Waals surface area contributed by atoms with Crippen molar-refractivity contribution in [2.75, 3.05) is 6.54 Å². The molecule has 0 saturated carbocycles. The number of hydrogen-bond acceptors (Lipinski definition) is 2. The van der Waals surface area contributed by atoms with Crippen molar-refractivity contribution in [1.29, 1.82) is 0 Å². The van der Waals surface area contributed by atoms with Gasteiger partial charge in [-0.2, -0.15) is 0 Å². The molecule has 0 radical (unpaired) electrons. The fraction of sp³-hybridized carbons (Fsp3) is 0.667. The smallest absolute Gasteiger partial charge is 0.237 e. The zero-order valence-corrected chi connectivity index (χ0v) is 19.4. The van der Waals surface area contributed by atoms with Crippen LogP contribution in [0.5, 0.6) is 0 Å². The Morgan fingerprint density at radius 3 is 1.97 bits per heavy atom. The molecule has 3 N–H and O–H groups in total. The van der Waals surface area contributed by atoms with E-state index in [1.807, 2.05) is 30.3 Å². The number of allylic oxidation sites excluding steroid dienone is 2. The maximum Gasteiger partial charge on any atom is 0.237 e. The Morgan fingerprint density at radius 1 is 0.833 bits per heavy atom. The fourth-order valence-corrected chi connectivity index (χ4v) is 3.68. The quantitative estimate of drug-likeness (QED) is 0.195. The summed E-state index contributed by atoms with van der Waals surface area (Å²) in [5.74, 6) is -0.0356. The highest BCUT2D eigenvalue weighted by Gasteiger charge is 2.12. The summed E-state index contributed by atoms with van der Waals surface area (Å²) in [5, 5.41) is 2.98. The van der Waals surface area contributed by atoms with Crippen LogP contribution in [0, 0.1) is 0 Å². The number of nitrogens with one attached hydrogen (secondary N) is 1. The predicted molar refractivity (Wildman–Crippen MR) is 131 cm³/mol. The number of amides is 1. The first-order chi connectivity index (χ1) is 14.7. The lowest BCUT2D eigenvalue weighted by Crippen LogP contribution is -2.42. The van der Waals surface area contributed by atoms with Gasteiger partial charge in [-0.1, -0.05) is 107 Å². The van der Waals surface area contributed by atoms with Gasteiger partial charge < -0.3 is 11.1 Å². The van der Waals surface area contributed by atoms with E-state index in [4.69, 9.17) is 5.73 Å². The number of unbranched alkanes of at least 4 members (excludes halogenated alkanes) is 12. The highest BCUT2D eigenvalue weighted by molar-refractivity contribution is 5.81. The molecule has 1 amide bonds. The first-order valence-corrected chi connectivity index (χ1v) is 12.5. The molecule has 0 aromatic heterocycles. The summed E-state index contributed by atoms with van der Waals surface area (Å²) in [6.07, 6.45) is 23.5. The zero-order valence-electron chi connectivity index (χ0n) is 19.4. The molecule has 1 unspecified atom stereocenters. The van der Waals surface area contributed by atoms with E-state index in [1.54, 1.807) is 0 Å². The Morgan fingerprint density at radius 2 is 1.37 bits per heavy atom. The Balaban J connectivity index is 1.85. The first-order valence-electron chi connectivity index (χ1n) is 12.5. The summed E-state index contributed by atoms with van der Waals surface area (Å²) >= 11 is 0. The van der Waals surface area contributed by atoms with Crippen LogP contribution in [0.15, 0.2) is 42.5 Å². The lowest BCUT2D eigenvalue weighted by Gasteiger charge is -2.12. The molecule has 1 aromatic rings. The minimum Gasteiger partial charge on any atom is -0.355 e. The number of carbonyl (C=O) groups is 1. The number of rotatable bonds is 19. The van der Waals surface area contributed by atoms with Crippen LogP contribution in [0.1, 0.15) is 102 Å². The van der Waals surface area contributed by atoms with E-state index in [0.717, 1.165) is 18.5 Å². The molecule has 0 aliphatic heterocycles. The molecule has 170 valence electrons. The van der Waals surface area contributed by atoms with Crippen molar-refractivity contribution in [3.05, 3.63) is 48.0 Å². The average Bonchev–Trinajstić information content (AvgIpc) is 2.76. The second kappa shape index (κ2) is 19.4. The Hall–Kier alpha value is -1.61. The summed E-state index contributed by atoms with van der Waals surface area (Å²) in [5.41, 5.74) is 7.11. The molecule has 1 rings (SSSR count). The van der Waals surface area contributed by atoms with Gasteiger partial charge in [-0.25, -0.2) is 0 Å². The van der Waals surface area contributed by atoms with Gasteiger partial charge in [0, 0.05) is 6.54 Å². The minimum absolute atomic E-state index is 0.0356. The van der Waals surface area contributed by atoms with E-state index in [1.165, 1.54) is 83.5 Å². The molecule has 30 heavy (non-hydrogen) atoms. The largest absolute Gasteiger partial charge is 0.355 e. The topological polar surface area (TPSA) is 55.1 Å². The Kier molecular flexibility index (Phi) is 17.1. The van der Waals surface area contributed by atoms with Crippen LogP contribution in [-0.2, 0) is 11.2 Å². The van der Waals surface area contributed by atoms with Gasteiger partial charge in [-0.05, 0) is 44.1 Å². The summed E-state index contributed by atoms with van der Waals surface area (Å²) < 4.78 is 0. The van der Waals surface area contributed by atoms with Crippen molar-refractivity contribution in [3.63, 3.8) is 0 Å². The van der Waals surface area contributed by atoms with Crippen LogP contribution >= 0.6 is 0 Å². The average molecular weight is 415 g/mol. The van der Waals surface area contributed by atoms with E-state index in [9.17, 15) is 4.79 Å². The number of carbonyl (C=O) groups excluding carboxylic acids is 1. The molecule has 0 fully saturated rings. The lowest BCUT2D eigenvalue weighted by molar-refractivity contribution is -0.122. The van der Waals surface area contributed by atoms with Crippen molar-refractivity contribution in [1.82, 2.24) is 5.32 Å². The van der Waals surface area contributed by atoms with Crippen molar-refractivity contribution < 1.29 is 4.79 Å². The third kappa shape index (κ3) is 15.3. The molecule has 0 aliphatic carbocycles. The molecular weight excluding hydrogens is 368 g/mol. The van der Waals surface area contributed by atoms with Gasteiger partial charge in [-0.3, -0.25) is 4.79 Å². The minimum atomic E-state index is -0.457. The molecule has 1 aromatic carbocycles. The van der Waals surface area contributed by atoms with Crippen molar-refractivity contribution >= 4 is 5.91 Å². The van der Waals surface area contributed by atoms with E-state index < -0.39 is 6.04 Å². The van der Waals surface area contributed by atoms with Gasteiger partial charge in [0.15, 0.2) is 0 Å². The standard InChI is InChI=1S/C27H46N2O/c1-2-3-4-5-6-7-8-9-10-11-12-13-14-15-16-20-23-29-27(30)26(28)24-25-21-18-17-19-22-25/h9-10,17-19,21-22,26H,2-8,11-16,20,23-24,28H2,1H3,(H,29,30)/b10-9+. The van der Waals surface area contributed by atoms with Gasteiger partial charge in [0.1, 0.15) is 0 Å². The van der Waals surface area contributed by atoms with Crippen LogP contribution in [0.4, 0.5) is 0 Å². The summed E-state index contributed by atoms with van der Waals surface area (Å²) in [4.78, 5) is 12.1. The van der Waals surface area contributed by atoms with Crippen LogP contribution in [-0.4, -0.2) is 18.5 Å². The lowest BCUT2D eigenvalue weighted by atomic mass is 10.1. The third-order valence-electron chi connectivity index (χ3n) is 5.62. The monoisotopic (exact) mass is 414 g/mol. The molecule has 0 heterocycles. The molecule has 3 heteroatoms.